The minimum absolute atomic E-state index is 0.0389. The van der Waals surface area contributed by atoms with Gasteiger partial charge >= 0.3 is 0 Å². The van der Waals surface area contributed by atoms with E-state index in [0.29, 0.717) is 19.6 Å². The highest BCUT2D eigenvalue weighted by Gasteiger charge is 2.40. The van der Waals surface area contributed by atoms with Gasteiger partial charge in [0.15, 0.2) is 0 Å². The van der Waals surface area contributed by atoms with E-state index in [2.05, 4.69) is 36.7 Å². The van der Waals surface area contributed by atoms with Gasteiger partial charge in [0.25, 0.3) is 0 Å². The molecule has 2 aromatic carbocycles. The Morgan fingerprint density at radius 2 is 1.76 bits per heavy atom. The van der Waals surface area contributed by atoms with Gasteiger partial charge in [-0.1, -0.05) is 47.5 Å². The molecule has 1 saturated heterocycles. The smallest absolute Gasteiger partial charge is 0.245 e. The van der Waals surface area contributed by atoms with E-state index in [1.54, 1.807) is 22.6 Å². The van der Waals surface area contributed by atoms with Gasteiger partial charge in [-0.25, -0.2) is 8.42 Å². The summed E-state index contributed by atoms with van der Waals surface area (Å²) in [5.41, 5.74) is 4.01. The number of benzene rings is 2. The van der Waals surface area contributed by atoms with Crippen LogP contribution in [0.25, 0.3) is 11.1 Å². The third kappa shape index (κ3) is 4.88. The average molecular weight is 519 g/mol. The summed E-state index contributed by atoms with van der Waals surface area (Å²) in [7, 11) is -3.89. The van der Waals surface area contributed by atoms with Crippen molar-refractivity contribution in [2.75, 3.05) is 19.6 Å². The molecule has 0 radical (unpaired) electrons. The molecule has 0 bridgehead atoms. The molecule has 0 saturated carbocycles. The molecule has 1 fully saturated rings. The first-order chi connectivity index (χ1) is 16.0. The highest BCUT2D eigenvalue weighted by atomic mass is 35.5. The fourth-order valence-corrected chi connectivity index (χ4v) is 6.79. The summed E-state index contributed by atoms with van der Waals surface area (Å²) in [6.07, 6.45) is 3.61. The number of rotatable bonds is 4. The molecule has 0 aliphatic carbocycles. The van der Waals surface area contributed by atoms with E-state index in [1.165, 1.54) is 6.07 Å². The molecule has 1 aliphatic rings. The van der Waals surface area contributed by atoms with Crippen molar-refractivity contribution in [3.63, 3.8) is 0 Å². The van der Waals surface area contributed by atoms with Crippen molar-refractivity contribution in [3.8, 4) is 11.1 Å². The van der Waals surface area contributed by atoms with Crippen LogP contribution >= 0.6 is 23.2 Å². The Morgan fingerprint density at radius 1 is 1.03 bits per heavy atom. The zero-order chi connectivity index (χ0) is 24.7. The number of sulfonamides is 1. The van der Waals surface area contributed by atoms with Gasteiger partial charge in [0.2, 0.25) is 10.0 Å². The summed E-state index contributed by atoms with van der Waals surface area (Å²) in [4.78, 5) is 6.56. The van der Waals surface area contributed by atoms with E-state index < -0.39 is 10.0 Å². The maximum atomic E-state index is 13.9. The summed E-state index contributed by atoms with van der Waals surface area (Å²) >= 11 is 12.5. The average Bonchev–Trinajstić information content (AvgIpc) is 2.80. The lowest BCUT2D eigenvalue weighted by Gasteiger charge is -2.46. The maximum Gasteiger partial charge on any atom is 0.245 e. The highest BCUT2D eigenvalue weighted by Crippen LogP contribution is 2.38. The van der Waals surface area contributed by atoms with Crippen LogP contribution in [0.4, 0.5) is 0 Å². The molecule has 0 N–H and O–H groups in total. The van der Waals surface area contributed by atoms with Crippen molar-refractivity contribution < 1.29 is 8.42 Å². The van der Waals surface area contributed by atoms with Gasteiger partial charge in [0.1, 0.15) is 4.90 Å². The second-order valence-electron chi connectivity index (χ2n) is 9.62. The molecule has 0 spiro atoms. The van der Waals surface area contributed by atoms with E-state index >= 15 is 0 Å². The molecule has 1 aromatic heterocycles. The number of pyridine rings is 1. The fourth-order valence-electron chi connectivity index (χ4n) is 4.46. The van der Waals surface area contributed by atoms with Crippen LogP contribution in [0.1, 0.15) is 37.9 Å². The summed E-state index contributed by atoms with van der Waals surface area (Å²) in [6, 6.07) is 14.5. The van der Waals surface area contributed by atoms with Crippen LogP contribution in [0.2, 0.25) is 10.0 Å². The van der Waals surface area contributed by atoms with Gasteiger partial charge in [-0.05, 0) is 74.2 Å². The second kappa shape index (κ2) is 9.59. The quantitative estimate of drug-likeness (QED) is 0.412. The van der Waals surface area contributed by atoms with Crippen LogP contribution in [0, 0.1) is 6.92 Å². The molecule has 1 unspecified atom stereocenters. The van der Waals surface area contributed by atoms with Crippen molar-refractivity contribution >= 4 is 33.2 Å². The third-order valence-electron chi connectivity index (χ3n) is 6.39. The molecular formula is C26H29Cl2N3O2S. The molecular weight excluding hydrogens is 489 g/mol. The van der Waals surface area contributed by atoms with E-state index in [4.69, 9.17) is 23.2 Å². The maximum absolute atomic E-state index is 13.9. The van der Waals surface area contributed by atoms with Crippen LogP contribution in [-0.2, 0) is 10.0 Å². The molecule has 5 nitrogen and oxygen atoms in total. The molecule has 8 heteroatoms. The topological polar surface area (TPSA) is 53.5 Å². The molecule has 0 amide bonds. The van der Waals surface area contributed by atoms with Crippen LogP contribution in [0.3, 0.4) is 0 Å². The minimum Gasteiger partial charge on any atom is -0.295 e. The predicted molar refractivity (Wildman–Crippen MR) is 139 cm³/mol. The van der Waals surface area contributed by atoms with Gasteiger partial charge < -0.3 is 0 Å². The first-order valence-corrected chi connectivity index (χ1v) is 13.4. The summed E-state index contributed by atoms with van der Waals surface area (Å²) < 4.78 is 29.3. The summed E-state index contributed by atoms with van der Waals surface area (Å²) in [5, 5.41) is 0.283. The first kappa shape index (κ1) is 25.1. The number of hydrogen-bond acceptors (Lipinski definition) is 4. The van der Waals surface area contributed by atoms with Crippen LogP contribution in [-0.4, -0.2) is 47.8 Å². The fraction of sp³-hybridized carbons (Fsp3) is 0.346. The summed E-state index contributed by atoms with van der Waals surface area (Å²) in [6.45, 7) is 10.0. The standard InChI is InChI=1S/C26H29Cl2N3O2S/c1-18-16-29-12-11-21(18)19-7-5-8-20(15-19)23-17-30(26(2,3)4)13-14-31(23)34(32,33)24-10-6-9-22(27)25(24)28/h5-12,15-16,23H,13-14,17H2,1-4H3. The monoisotopic (exact) mass is 517 g/mol. The normalized spacial score (nSPS) is 18.2. The zero-order valence-electron chi connectivity index (χ0n) is 19.8. The molecule has 180 valence electrons. The second-order valence-corrected chi connectivity index (χ2v) is 12.3. The Balaban J connectivity index is 1.81. The molecule has 1 aliphatic heterocycles. The van der Waals surface area contributed by atoms with Crippen molar-refractivity contribution in [2.24, 2.45) is 0 Å². The highest BCUT2D eigenvalue weighted by molar-refractivity contribution is 7.89. The largest absolute Gasteiger partial charge is 0.295 e. The number of halogens is 2. The molecule has 1 atom stereocenters. The molecule has 3 aromatic rings. The Kier molecular flexibility index (Phi) is 7.09. The Hall–Kier alpha value is -1.96. The van der Waals surface area contributed by atoms with Crippen molar-refractivity contribution in [1.29, 1.82) is 0 Å². The summed E-state index contributed by atoms with van der Waals surface area (Å²) in [5.74, 6) is 0. The minimum atomic E-state index is -3.89. The van der Waals surface area contributed by atoms with Gasteiger partial charge in [-0.15, -0.1) is 0 Å². The van der Waals surface area contributed by atoms with E-state index in [0.717, 1.165) is 22.3 Å². The van der Waals surface area contributed by atoms with Crippen LogP contribution in [0.5, 0.6) is 0 Å². The first-order valence-electron chi connectivity index (χ1n) is 11.2. The van der Waals surface area contributed by atoms with E-state index in [1.807, 2.05) is 37.4 Å². The van der Waals surface area contributed by atoms with Gasteiger partial charge in [-0.3, -0.25) is 9.88 Å². The lowest BCUT2D eigenvalue weighted by atomic mass is 9.95. The lowest BCUT2D eigenvalue weighted by molar-refractivity contribution is 0.0590. The number of nitrogens with zero attached hydrogens (tertiary/aromatic N) is 3. The SMILES string of the molecule is Cc1cnccc1-c1cccc(C2CN(C(C)(C)C)CCN2S(=O)(=O)c2cccc(Cl)c2Cl)c1. The third-order valence-corrected chi connectivity index (χ3v) is 9.27. The van der Waals surface area contributed by atoms with Crippen molar-refractivity contribution in [3.05, 3.63) is 82.1 Å². The van der Waals surface area contributed by atoms with Gasteiger partial charge in [0, 0.05) is 37.6 Å². The number of aryl methyl sites for hydroxylation is 1. The number of hydrogen-bond donors (Lipinski definition) is 0. The molecule has 4 rings (SSSR count). The van der Waals surface area contributed by atoms with Crippen molar-refractivity contribution in [2.45, 2.75) is 44.2 Å². The predicted octanol–water partition coefficient (Wildman–Crippen LogP) is 6.21. The Bertz CT molecular complexity index is 1310. The van der Waals surface area contributed by atoms with Gasteiger partial charge in [-0.2, -0.15) is 4.31 Å². The van der Waals surface area contributed by atoms with Gasteiger partial charge in [0.05, 0.1) is 16.1 Å². The molecule has 2 heterocycles. The zero-order valence-corrected chi connectivity index (χ0v) is 22.1. The number of piperazine rings is 1. The Morgan fingerprint density at radius 3 is 2.47 bits per heavy atom. The van der Waals surface area contributed by atoms with E-state index in [9.17, 15) is 8.42 Å². The molecule has 34 heavy (non-hydrogen) atoms. The van der Waals surface area contributed by atoms with E-state index in [-0.39, 0.29) is 26.5 Å². The lowest BCUT2D eigenvalue weighted by Crippen LogP contribution is -2.55. The Labute approximate surface area is 212 Å². The van der Waals surface area contributed by atoms with Crippen LogP contribution < -0.4 is 0 Å². The number of aromatic nitrogens is 1. The van der Waals surface area contributed by atoms with Crippen molar-refractivity contribution in [1.82, 2.24) is 14.2 Å². The van der Waals surface area contributed by atoms with Crippen LogP contribution in [0.15, 0.2) is 65.8 Å².